The van der Waals surface area contributed by atoms with Crippen molar-refractivity contribution in [2.75, 3.05) is 0 Å². The van der Waals surface area contributed by atoms with Gasteiger partial charge in [0, 0.05) is 6.42 Å². The van der Waals surface area contributed by atoms with Crippen LogP contribution >= 0.6 is 11.8 Å². The Morgan fingerprint density at radius 3 is 2.56 bits per heavy atom. The summed E-state index contributed by atoms with van der Waals surface area (Å²) in [5.74, 6) is 0.559. The van der Waals surface area contributed by atoms with Crippen molar-refractivity contribution in [1.29, 1.82) is 0 Å². The molecule has 0 spiro atoms. The van der Waals surface area contributed by atoms with Gasteiger partial charge in [-0.2, -0.15) is 0 Å². The van der Waals surface area contributed by atoms with Gasteiger partial charge in [0.15, 0.2) is 16.5 Å². The molecular weight excluding hydrogens is 252 g/mol. The highest BCUT2D eigenvalue weighted by Crippen LogP contribution is 2.46. The van der Waals surface area contributed by atoms with Crippen molar-refractivity contribution in [1.82, 2.24) is 0 Å². The number of hydrogen-bond donors (Lipinski definition) is 0. The fourth-order valence-electron chi connectivity index (χ4n) is 1.95. The van der Waals surface area contributed by atoms with Crippen LogP contribution in [0.1, 0.15) is 33.0 Å². The molecule has 1 aliphatic heterocycles. The zero-order valence-corrected chi connectivity index (χ0v) is 11.7. The van der Waals surface area contributed by atoms with E-state index in [9.17, 15) is 9.59 Å². The first-order valence-corrected chi connectivity index (χ1v) is 6.56. The predicted molar refractivity (Wildman–Crippen MR) is 67.5 cm³/mol. The van der Waals surface area contributed by atoms with Gasteiger partial charge < -0.3 is 9.15 Å². The Labute approximate surface area is 110 Å². The fourth-order valence-corrected chi connectivity index (χ4v) is 3.10. The topological polar surface area (TPSA) is 56.5 Å². The van der Waals surface area contributed by atoms with Gasteiger partial charge in [0.25, 0.3) is 0 Å². The Morgan fingerprint density at radius 2 is 2.11 bits per heavy atom. The van der Waals surface area contributed by atoms with E-state index in [0.29, 0.717) is 0 Å². The molecule has 18 heavy (non-hydrogen) atoms. The average molecular weight is 268 g/mol. The van der Waals surface area contributed by atoms with Crippen molar-refractivity contribution in [3.8, 4) is 0 Å². The van der Waals surface area contributed by atoms with Crippen LogP contribution in [-0.4, -0.2) is 22.1 Å². The Balaban J connectivity index is 2.25. The highest BCUT2D eigenvalue weighted by atomic mass is 32.2. The standard InChI is InChI=1S/C13H16O4S/c1-8-10(5-6-16-8)18-13(4)11(15)7-12(3,17-13)9(2)14/h5-6H,7H2,1-4H3. The second-order valence-electron chi connectivity index (χ2n) is 4.88. The van der Waals surface area contributed by atoms with Gasteiger partial charge in [-0.3, -0.25) is 9.59 Å². The van der Waals surface area contributed by atoms with Crippen molar-refractivity contribution in [3.05, 3.63) is 18.1 Å². The molecule has 0 saturated carbocycles. The van der Waals surface area contributed by atoms with Crippen molar-refractivity contribution >= 4 is 23.3 Å². The minimum atomic E-state index is -1.02. The molecule has 1 fully saturated rings. The molecule has 0 N–H and O–H groups in total. The van der Waals surface area contributed by atoms with Crippen LogP contribution < -0.4 is 0 Å². The first kappa shape index (κ1) is 13.4. The maximum absolute atomic E-state index is 12.1. The Kier molecular flexibility index (Phi) is 3.15. The van der Waals surface area contributed by atoms with E-state index in [2.05, 4.69) is 0 Å². The molecule has 1 saturated heterocycles. The monoisotopic (exact) mass is 268 g/mol. The molecule has 1 aromatic rings. The lowest BCUT2D eigenvalue weighted by atomic mass is 9.97. The Morgan fingerprint density at radius 1 is 1.44 bits per heavy atom. The van der Waals surface area contributed by atoms with E-state index in [-0.39, 0.29) is 18.0 Å². The highest BCUT2D eigenvalue weighted by molar-refractivity contribution is 8.01. The number of carbonyl (C=O) groups is 2. The molecule has 1 aromatic heterocycles. The van der Waals surface area contributed by atoms with Gasteiger partial charge in [-0.05, 0) is 33.8 Å². The average Bonchev–Trinajstić information content (AvgIpc) is 2.72. The summed E-state index contributed by atoms with van der Waals surface area (Å²) in [7, 11) is 0. The normalized spacial score (nSPS) is 31.9. The van der Waals surface area contributed by atoms with Gasteiger partial charge in [0.2, 0.25) is 0 Å². The van der Waals surface area contributed by atoms with Gasteiger partial charge in [0.1, 0.15) is 11.4 Å². The first-order valence-electron chi connectivity index (χ1n) is 5.74. The fraction of sp³-hybridized carbons (Fsp3) is 0.538. The third kappa shape index (κ3) is 2.12. The van der Waals surface area contributed by atoms with E-state index in [0.717, 1.165) is 10.7 Å². The molecule has 0 bridgehead atoms. The second-order valence-corrected chi connectivity index (χ2v) is 6.30. The third-order valence-electron chi connectivity index (χ3n) is 3.29. The molecule has 0 amide bonds. The molecule has 0 aromatic carbocycles. The molecule has 2 heterocycles. The van der Waals surface area contributed by atoms with Gasteiger partial charge in [-0.25, -0.2) is 0 Å². The van der Waals surface area contributed by atoms with Gasteiger partial charge in [-0.15, -0.1) is 0 Å². The minimum absolute atomic E-state index is 0.0641. The highest BCUT2D eigenvalue weighted by Gasteiger charge is 2.53. The molecule has 2 unspecified atom stereocenters. The Bertz CT molecular complexity index is 507. The lowest BCUT2D eigenvalue weighted by molar-refractivity contribution is -0.140. The smallest absolute Gasteiger partial charge is 0.178 e. The van der Waals surface area contributed by atoms with E-state index >= 15 is 0 Å². The number of Topliss-reactive ketones (excluding diaryl/α,β-unsaturated/α-hetero) is 2. The Hall–Kier alpha value is -1.07. The van der Waals surface area contributed by atoms with Crippen LogP contribution in [-0.2, 0) is 14.3 Å². The summed E-state index contributed by atoms with van der Waals surface area (Å²) in [5, 5.41) is 0. The van der Waals surface area contributed by atoms with Crippen LogP contribution in [0.5, 0.6) is 0 Å². The molecule has 1 aliphatic rings. The number of ketones is 2. The molecule has 0 aliphatic carbocycles. The number of rotatable bonds is 3. The zero-order valence-electron chi connectivity index (χ0n) is 10.9. The van der Waals surface area contributed by atoms with Gasteiger partial charge >= 0.3 is 0 Å². The van der Waals surface area contributed by atoms with Crippen molar-refractivity contribution in [3.63, 3.8) is 0 Å². The zero-order chi connectivity index (χ0) is 13.6. The molecular formula is C13H16O4S. The number of ether oxygens (including phenoxy) is 1. The van der Waals surface area contributed by atoms with Crippen LogP contribution in [0.15, 0.2) is 21.6 Å². The van der Waals surface area contributed by atoms with E-state index in [1.54, 1.807) is 26.2 Å². The van der Waals surface area contributed by atoms with Crippen LogP contribution in [0, 0.1) is 6.92 Å². The van der Waals surface area contributed by atoms with Crippen LogP contribution in [0.3, 0.4) is 0 Å². The van der Waals surface area contributed by atoms with E-state index in [1.165, 1.54) is 18.7 Å². The molecule has 4 nitrogen and oxygen atoms in total. The summed E-state index contributed by atoms with van der Waals surface area (Å²) in [6, 6.07) is 1.80. The van der Waals surface area contributed by atoms with Crippen LogP contribution in [0.25, 0.3) is 0 Å². The maximum Gasteiger partial charge on any atom is 0.178 e. The third-order valence-corrected chi connectivity index (χ3v) is 4.63. The molecule has 2 rings (SSSR count). The van der Waals surface area contributed by atoms with Crippen molar-refractivity contribution < 1.29 is 18.7 Å². The van der Waals surface area contributed by atoms with Crippen LogP contribution in [0.2, 0.25) is 0 Å². The summed E-state index contributed by atoms with van der Waals surface area (Å²) < 4.78 is 11.0. The van der Waals surface area contributed by atoms with Gasteiger partial charge in [0.05, 0.1) is 11.2 Å². The van der Waals surface area contributed by atoms with Crippen molar-refractivity contribution in [2.45, 2.75) is 49.5 Å². The molecule has 98 valence electrons. The molecule has 5 heteroatoms. The van der Waals surface area contributed by atoms with E-state index < -0.39 is 10.5 Å². The van der Waals surface area contributed by atoms with Crippen LogP contribution in [0.4, 0.5) is 0 Å². The SMILES string of the molecule is CC(=O)C1(C)CC(=O)C(C)(Sc2ccoc2C)O1. The number of thioether (sulfide) groups is 1. The summed E-state index contributed by atoms with van der Waals surface area (Å²) >= 11 is 1.30. The molecule has 2 atom stereocenters. The lowest BCUT2D eigenvalue weighted by Crippen LogP contribution is -2.36. The predicted octanol–water partition coefficient (Wildman–Crippen LogP) is 2.73. The number of carbonyl (C=O) groups excluding carboxylic acids is 2. The number of hydrogen-bond acceptors (Lipinski definition) is 5. The summed E-state index contributed by atoms with van der Waals surface area (Å²) in [5.41, 5.74) is -1.00. The number of aryl methyl sites for hydroxylation is 1. The summed E-state index contributed by atoms with van der Waals surface area (Å²) in [6.45, 7) is 6.66. The minimum Gasteiger partial charge on any atom is -0.468 e. The first-order chi connectivity index (χ1) is 8.27. The number of furan rings is 1. The molecule has 0 radical (unpaired) electrons. The summed E-state index contributed by atoms with van der Waals surface area (Å²) in [6.07, 6.45) is 1.70. The quantitative estimate of drug-likeness (QED) is 0.843. The van der Waals surface area contributed by atoms with E-state index in [1.807, 2.05) is 6.92 Å². The van der Waals surface area contributed by atoms with Crippen molar-refractivity contribution in [2.24, 2.45) is 0 Å². The summed E-state index contributed by atoms with van der Waals surface area (Å²) in [4.78, 5) is 23.5. The maximum atomic E-state index is 12.1. The van der Waals surface area contributed by atoms with E-state index in [4.69, 9.17) is 9.15 Å². The largest absolute Gasteiger partial charge is 0.468 e. The van der Waals surface area contributed by atoms with Gasteiger partial charge in [-0.1, -0.05) is 11.8 Å². The second kappa shape index (κ2) is 4.24. The lowest BCUT2D eigenvalue weighted by Gasteiger charge is -2.26.